The van der Waals surface area contributed by atoms with E-state index in [-0.39, 0.29) is 13.0 Å². The van der Waals surface area contributed by atoms with Crippen molar-refractivity contribution in [3.63, 3.8) is 0 Å². The highest BCUT2D eigenvalue weighted by atomic mass is 16.5. The molecule has 0 aromatic heterocycles. The number of Topliss-reactive ketones (excluding diaryl/α,β-unsaturated/α-hetero) is 1. The third kappa shape index (κ3) is 6.90. The lowest BCUT2D eigenvalue weighted by Crippen LogP contribution is -2.44. The van der Waals surface area contributed by atoms with Gasteiger partial charge >= 0.3 is 18.0 Å². The van der Waals surface area contributed by atoms with Crippen LogP contribution in [-0.4, -0.2) is 41.6 Å². The van der Waals surface area contributed by atoms with Gasteiger partial charge in [0.15, 0.2) is 12.4 Å². The number of benzene rings is 3. The van der Waals surface area contributed by atoms with Gasteiger partial charge in [-0.15, -0.1) is 0 Å². The first kappa shape index (κ1) is 24.4. The predicted octanol–water partition coefficient (Wildman–Crippen LogP) is 3.57. The summed E-state index contributed by atoms with van der Waals surface area (Å²) in [5.74, 6) is -2.68. The van der Waals surface area contributed by atoms with Gasteiger partial charge < -0.3 is 19.9 Å². The average Bonchev–Trinajstić information content (AvgIpc) is 2.83. The van der Waals surface area contributed by atoms with E-state index in [1.54, 1.807) is 24.3 Å². The van der Waals surface area contributed by atoms with Crippen LogP contribution in [-0.2, 0) is 36.9 Å². The van der Waals surface area contributed by atoms with Gasteiger partial charge in [-0.2, -0.15) is 0 Å². The minimum Gasteiger partial charge on any atom is -0.481 e. The standard InChI is InChI=1S/C26H25NO7/c1-17-11-12-19(21-10-6-5-9-20(17)21)13-25(31)33-16-23(28)22(14-24(29)30)27-26(32)34-15-18-7-3-2-4-8-18/h2-12,22H,13-16H2,1H3,(H,27,32)(H,29,30)/t22-/m0/s1. The molecule has 0 aliphatic rings. The van der Waals surface area contributed by atoms with Crippen molar-refractivity contribution in [3.05, 3.63) is 83.4 Å². The number of amides is 1. The van der Waals surface area contributed by atoms with Gasteiger partial charge in [0.1, 0.15) is 12.6 Å². The number of ether oxygens (including phenoxy) is 2. The number of aliphatic carboxylic acids is 1. The summed E-state index contributed by atoms with van der Waals surface area (Å²) in [5.41, 5.74) is 2.56. The molecule has 0 fully saturated rings. The highest BCUT2D eigenvalue weighted by Gasteiger charge is 2.25. The highest BCUT2D eigenvalue weighted by Crippen LogP contribution is 2.23. The topological polar surface area (TPSA) is 119 Å². The van der Waals surface area contributed by atoms with Gasteiger partial charge in [0.25, 0.3) is 0 Å². The molecule has 0 aliphatic heterocycles. The van der Waals surface area contributed by atoms with E-state index in [4.69, 9.17) is 14.6 Å². The van der Waals surface area contributed by atoms with Crippen LogP contribution in [0.25, 0.3) is 10.8 Å². The van der Waals surface area contributed by atoms with Crippen molar-refractivity contribution in [1.82, 2.24) is 5.32 Å². The maximum absolute atomic E-state index is 12.5. The Bertz CT molecular complexity index is 1190. The molecule has 0 saturated carbocycles. The van der Waals surface area contributed by atoms with Crippen LogP contribution >= 0.6 is 0 Å². The Balaban J connectivity index is 1.55. The van der Waals surface area contributed by atoms with Crippen molar-refractivity contribution in [2.24, 2.45) is 0 Å². The summed E-state index contributed by atoms with van der Waals surface area (Å²) < 4.78 is 10.1. The van der Waals surface area contributed by atoms with Gasteiger partial charge in [0.2, 0.25) is 0 Å². The van der Waals surface area contributed by atoms with Crippen molar-refractivity contribution in [2.45, 2.75) is 32.4 Å². The van der Waals surface area contributed by atoms with E-state index in [2.05, 4.69) is 5.32 Å². The van der Waals surface area contributed by atoms with Gasteiger partial charge in [-0.25, -0.2) is 4.79 Å². The molecule has 8 heteroatoms. The molecule has 3 aromatic rings. The molecule has 3 rings (SSSR count). The zero-order chi connectivity index (χ0) is 24.5. The van der Waals surface area contributed by atoms with Crippen LogP contribution in [0.1, 0.15) is 23.1 Å². The van der Waals surface area contributed by atoms with Crippen molar-refractivity contribution < 1.29 is 33.8 Å². The fraction of sp³-hybridized carbons (Fsp3) is 0.231. The lowest BCUT2D eigenvalue weighted by molar-refractivity contribution is -0.148. The third-order valence-corrected chi connectivity index (χ3v) is 5.21. The van der Waals surface area contributed by atoms with Crippen molar-refractivity contribution in [2.75, 3.05) is 6.61 Å². The molecule has 176 valence electrons. The molecule has 0 spiro atoms. The second-order valence-corrected chi connectivity index (χ2v) is 7.75. The molecule has 8 nitrogen and oxygen atoms in total. The smallest absolute Gasteiger partial charge is 0.408 e. The lowest BCUT2D eigenvalue weighted by Gasteiger charge is -2.16. The Labute approximate surface area is 196 Å². The number of carbonyl (C=O) groups excluding carboxylic acids is 3. The number of ketones is 1. The van der Waals surface area contributed by atoms with Crippen molar-refractivity contribution in [1.29, 1.82) is 0 Å². The number of hydrogen-bond donors (Lipinski definition) is 2. The van der Waals surface area contributed by atoms with E-state index < -0.39 is 42.9 Å². The van der Waals surface area contributed by atoms with E-state index in [1.807, 2.05) is 49.4 Å². The molecule has 2 N–H and O–H groups in total. The number of nitrogens with one attached hydrogen (secondary N) is 1. The highest BCUT2D eigenvalue weighted by molar-refractivity contribution is 5.94. The van der Waals surface area contributed by atoms with Gasteiger partial charge in [0, 0.05) is 0 Å². The SMILES string of the molecule is Cc1ccc(CC(=O)OCC(=O)[C@H](CC(=O)O)NC(=O)OCc2ccccc2)c2ccccc12. The van der Waals surface area contributed by atoms with Crippen molar-refractivity contribution >= 4 is 34.6 Å². The average molecular weight is 463 g/mol. The molecular formula is C26H25NO7. The van der Waals surface area contributed by atoms with Crippen LogP contribution in [0.5, 0.6) is 0 Å². The van der Waals surface area contributed by atoms with Crippen LogP contribution in [0.3, 0.4) is 0 Å². The summed E-state index contributed by atoms with van der Waals surface area (Å²) in [5, 5.41) is 13.3. The van der Waals surface area contributed by atoms with Gasteiger partial charge in [-0.05, 0) is 34.4 Å². The van der Waals surface area contributed by atoms with Crippen molar-refractivity contribution in [3.8, 4) is 0 Å². The summed E-state index contributed by atoms with van der Waals surface area (Å²) in [6, 6.07) is 18.9. The number of carbonyl (C=O) groups is 4. The van der Waals surface area contributed by atoms with Gasteiger partial charge in [0.05, 0.1) is 12.8 Å². The minimum absolute atomic E-state index is 0.0415. The number of aryl methyl sites for hydroxylation is 1. The van der Waals surface area contributed by atoms with Crippen LogP contribution < -0.4 is 5.32 Å². The quantitative estimate of drug-likeness (QED) is 0.441. The second kappa shape index (κ2) is 11.6. The monoisotopic (exact) mass is 463 g/mol. The summed E-state index contributed by atoms with van der Waals surface area (Å²) in [6.45, 7) is 1.27. The summed E-state index contributed by atoms with van der Waals surface area (Å²) in [4.78, 5) is 48.1. The first-order valence-electron chi connectivity index (χ1n) is 10.7. The van der Waals surface area contributed by atoms with E-state index in [0.29, 0.717) is 0 Å². The first-order valence-corrected chi connectivity index (χ1v) is 10.7. The van der Waals surface area contributed by atoms with E-state index in [1.165, 1.54) is 0 Å². The molecule has 0 aliphatic carbocycles. The molecule has 34 heavy (non-hydrogen) atoms. The number of alkyl carbamates (subject to hydrolysis) is 1. The number of fused-ring (bicyclic) bond motifs is 1. The summed E-state index contributed by atoms with van der Waals surface area (Å²) in [6.07, 6.45) is -1.66. The van der Waals surface area contributed by atoms with Gasteiger partial charge in [-0.1, -0.05) is 66.7 Å². The minimum atomic E-state index is -1.39. The first-order chi connectivity index (χ1) is 16.3. The maximum atomic E-state index is 12.5. The summed E-state index contributed by atoms with van der Waals surface area (Å²) >= 11 is 0. The molecular weight excluding hydrogens is 438 g/mol. The maximum Gasteiger partial charge on any atom is 0.408 e. The fourth-order valence-corrected chi connectivity index (χ4v) is 3.45. The van der Waals surface area contributed by atoms with E-state index in [9.17, 15) is 19.2 Å². The Morgan fingerprint density at radius 2 is 1.56 bits per heavy atom. The van der Waals surface area contributed by atoms with Gasteiger partial charge in [-0.3, -0.25) is 14.4 Å². The largest absolute Gasteiger partial charge is 0.481 e. The molecule has 3 aromatic carbocycles. The third-order valence-electron chi connectivity index (χ3n) is 5.21. The molecule has 0 heterocycles. The zero-order valence-electron chi connectivity index (χ0n) is 18.7. The molecule has 0 bridgehead atoms. The molecule has 0 saturated heterocycles. The zero-order valence-corrected chi connectivity index (χ0v) is 18.7. The number of carboxylic acids is 1. The normalized spacial score (nSPS) is 11.4. The molecule has 1 atom stereocenters. The number of esters is 1. The van der Waals surface area contributed by atoms with Crippen LogP contribution in [0.4, 0.5) is 4.79 Å². The predicted molar refractivity (Wildman–Crippen MR) is 124 cm³/mol. The number of carboxylic acid groups (broad SMARTS) is 1. The van der Waals surface area contributed by atoms with Crippen LogP contribution in [0.15, 0.2) is 66.7 Å². The number of hydrogen-bond acceptors (Lipinski definition) is 6. The molecule has 1 amide bonds. The van der Waals surface area contributed by atoms with E-state index in [0.717, 1.165) is 27.5 Å². The van der Waals surface area contributed by atoms with Crippen LogP contribution in [0, 0.1) is 6.92 Å². The Morgan fingerprint density at radius 1 is 0.882 bits per heavy atom. The number of rotatable bonds is 10. The van der Waals surface area contributed by atoms with Crippen LogP contribution in [0.2, 0.25) is 0 Å². The second-order valence-electron chi connectivity index (χ2n) is 7.75. The van der Waals surface area contributed by atoms with E-state index >= 15 is 0 Å². The Kier molecular flexibility index (Phi) is 8.34. The molecule has 0 radical (unpaired) electrons. The Morgan fingerprint density at radius 3 is 2.26 bits per heavy atom. The fourth-order valence-electron chi connectivity index (χ4n) is 3.45. The summed E-state index contributed by atoms with van der Waals surface area (Å²) in [7, 11) is 0. The lowest BCUT2D eigenvalue weighted by atomic mass is 9.98. The molecule has 0 unspecified atom stereocenters. The Hall–Kier alpha value is -4.20.